The molecule has 0 aromatic carbocycles. The third-order valence-electron chi connectivity index (χ3n) is 4.12. The first kappa shape index (κ1) is 19.0. The quantitative estimate of drug-likeness (QED) is 0.725. The molecule has 0 spiro atoms. The molecule has 1 unspecified atom stereocenters. The summed E-state index contributed by atoms with van der Waals surface area (Å²) in [4.78, 5) is 14.4. The molecular formula is C16H23BrClN5O. The molecule has 1 amide bonds. The summed E-state index contributed by atoms with van der Waals surface area (Å²) in [5, 5.41) is 9.35. The second-order valence-electron chi connectivity index (χ2n) is 6.02. The largest absolute Gasteiger partial charge is 0.340 e. The zero-order valence-electron chi connectivity index (χ0n) is 14.7. The average molecular weight is 417 g/mol. The van der Waals surface area contributed by atoms with E-state index in [1.54, 1.807) is 15.8 Å². The normalized spacial score (nSPS) is 12.5. The molecule has 0 bridgehead atoms. The Balaban J connectivity index is 2.06. The van der Waals surface area contributed by atoms with Crippen molar-refractivity contribution in [2.75, 3.05) is 7.05 Å². The number of aryl methyl sites for hydroxylation is 2. The number of halogens is 2. The Hall–Kier alpha value is -1.34. The van der Waals surface area contributed by atoms with Gasteiger partial charge in [-0.1, -0.05) is 18.5 Å². The highest BCUT2D eigenvalue weighted by atomic mass is 79.9. The topological polar surface area (TPSA) is 56.0 Å². The van der Waals surface area contributed by atoms with E-state index in [1.807, 2.05) is 39.4 Å². The molecule has 1 atom stereocenters. The minimum atomic E-state index is -0.194. The Morgan fingerprint density at radius 3 is 2.62 bits per heavy atom. The van der Waals surface area contributed by atoms with E-state index in [0.717, 1.165) is 28.1 Å². The van der Waals surface area contributed by atoms with Gasteiger partial charge in [-0.3, -0.25) is 14.2 Å². The molecule has 2 rings (SSSR count). The molecule has 0 aliphatic carbocycles. The lowest BCUT2D eigenvalue weighted by molar-refractivity contribution is -0.134. The van der Waals surface area contributed by atoms with Gasteiger partial charge in [0, 0.05) is 13.6 Å². The van der Waals surface area contributed by atoms with Gasteiger partial charge in [-0.05, 0) is 36.7 Å². The SMILES string of the molecule is CCn1ncc(Br)c1CN(C)C(=O)C(C)Cn1nc(C)c(Cl)c1C. The standard InChI is InChI=1S/C16H23BrClN5O/c1-6-22-14(13(17)7-19-22)9-21(5)16(24)10(2)8-23-12(4)15(18)11(3)20-23/h7,10H,6,8-9H2,1-5H3. The monoisotopic (exact) mass is 415 g/mol. The summed E-state index contributed by atoms with van der Waals surface area (Å²) in [6, 6.07) is 0. The van der Waals surface area contributed by atoms with Gasteiger partial charge in [-0.2, -0.15) is 10.2 Å². The number of hydrogen-bond donors (Lipinski definition) is 0. The van der Waals surface area contributed by atoms with Crippen LogP contribution in [0.25, 0.3) is 0 Å². The van der Waals surface area contributed by atoms with Crippen LogP contribution in [-0.2, 0) is 24.4 Å². The average Bonchev–Trinajstić information content (AvgIpc) is 3.02. The van der Waals surface area contributed by atoms with Gasteiger partial charge in [0.25, 0.3) is 0 Å². The molecular weight excluding hydrogens is 394 g/mol. The van der Waals surface area contributed by atoms with Crippen molar-refractivity contribution in [1.29, 1.82) is 0 Å². The first-order valence-corrected chi connectivity index (χ1v) is 9.08. The van der Waals surface area contributed by atoms with Crippen LogP contribution in [0.2, 0.25) is 5.02 Å². The lowest BCUT2D eigenvalue weighted by Crippen LogP contribution is -2.34. The third-order valence-corrected chi connectivity index (χ3v) is 5.33. The fourth-order valence-corrected chi connectivity index (χ4v) is 3.24. The van der Waals surface area contributed by atoms with Gasteiger partial charge in [-0.25, -0.2) is 0 Å². The van der Waals surface area contributed by atoms with Crippen molar-refractivity contribution >= 4 is 33.4 Å². The zero-order valence-corrected chi connectivity index (χ0v) is 17.0. The molecule has 0 N–H and O–H groups in total. The highest BCUT2D eigenvalue weighted by Gasteiger charge is 2.22. The minimum absolute atomic E-state index is 0.0643. The van der Waals surface area contributed by atoms with E-state index in [2.05, 4.69) is 26.1 Å². The number of carbonyl (C=O) groups excluding carboxylic acids is 1. The van der Waals surface area contributed by atoms with Gasteiger partial charge in [-0.15, -0.1) is 0 Å². The van der Waals surface area contributed by atoms with Gasteiger partial charge in [0.1, 0.15) is 0 Å². The maximum Gasteiger partial charge on any atom is 0.227 e. The first-order chi connectivity index (χ1) is 11.3. The molecule has 0 radical (unpaired) electrons. The van der Waals surface area contributed by atoms with Crippen LogP contribution in [0.3, 0.4) is 0 Å². The van der Waals surface area contributed by atoms with Gasteiger partial charge in [0.2, 0.25) is 5.91 Å². The summed E-state index contributed by atoms with van der Waals surface area (Å²) in [6.07, 6.45) is 1.76. The molecule has 2 heterocycles. The predicted molar refractivity (Wildman–Crippen MR) is 98.0 cm³/mol. The second-order valence-corrected chi connectivity index (χ2v) is 7.25. The van der Waals surface area contributed by atoms with Crippen LogP contribution in [-0.4, -0.2) is 37.4 Å². The second kappa shape index (κ2) is 7.70. The first-order valence-electron chi connectivity index (χ1n) is 7.90. The molecule has 0 saturated carbocycles. The third kappa shape index (κ3) is 3.83. The van der Waals surface area contributed by atoms with E-state index < -0.39 is 0 Å². The number of nitrogens with zero attached hydrogens (tertiary/aromatic N) is 5. The van der Waals surface area contributed by atoms with Crippen LogP contribution < -0.4 is 0 Å². The number of aromatic nitrogens is 4. The van der Waals surface area contributed by atoms with Crippen LogP contribution in [0, 0.1) is 19.8 Å². The summed E-state index contributed by atoms with van der Waals surface area (Å²) in [5.74, 6) is -0.129. The Bertz CT molecular complexity index is 739. The van der Waals surface area contributed by atoms with Crippen molar-refractivity contribution in [3.63, 3.8) is 0 Å². The summed E-state index contributed by atoms with van der Waals surface area (Å²) in [6.45, 7) is 9.51. The molecule has 8 heteroatoms. The van der Waals surface area contributed by atoms with Gasteiger partial charge < -0.3 is 4.90 Å². The number of hydrogen-bond acceptors (Lipinski definition) is 3. The Morgan fingerprint density at radius 2 is 2.08 bits per heavy atom. The van der Waals surface area contributed by atoms with Gasteiger partial charge in [0.15, 0.2) is 0 Å². The Kier molecular flexibility index (Phi) is 6.09. The smallest absolute Gasteiger partial charge is 0.227 e. The number of carbonyl (C=O) groups is 1. The van der Waals surface area contributed by atoms with Crippen LogP contribution in [0.5, 0.6) is 0 Å². The molecule has 0 saturated heterocycles. The molecule has 0 fully saturated rings. The van der Waals surface area contributed by atoms with E-state index in [1.165, 1.54) is 0 Å². The van der Waals surface area contributed by atoms with E-state index in [-0.39, 0.29) is 11.8 Å². The predicted octanol–water partition coefficient (Wildman–Crippen LogP) is 3.43. The van der Waals surface area contributed by atoms with Crippen LogP contribution >= 0.6 is 27.5 Å². The lowest BCUT2D eigenvalue weighted by atomic mass is 10.1. The van der Waals surface area contributed by atoms with Crippen LogP contribution in [0.1, 0.15) is 30.9 Å². The van der Waals surface area contributed by atoms with E-state index >= 15 is 0 Å². The van der Waals surface area contributed by atoms with Gasteiger partial charge in [0.05, 0.1) is 51.8 Å². The van der Waals surface area contributed by atoms with Crippen LogP contribution in [0.4, 0.5) is 0 Å². The van der Waals surface area contributed by atoms with Crippen LogP contribution in [0.15, 0.2) is 10.7 Å². The molecule has 132 valence electrons. The minimum Gasteiger partial charge on any atom is -0.340 e. The van der Waals surface area contributed by atoms with Crippen molar-refractivity contribution in [3.8, 4) is 0 Å². The fourth-order valence-electron chi connectivity index (χ4n) is 2.69. The molecule has 2 aromatic rings. The summed E-state index contributed by atoms with van der Waals surface area (Å²) < 4.78 is 4.61. The summed E-state index contributed by atoms with van der Waals surface area (Å²) in [5.41, 5.74) is 2.68. The van der Waals surface area contributed by atoms with E-state index in [4.69, 9.17) is 11.6 Å². The number of amides is 1. The van der Waals surface area contributed by atoms with Crippen molar-refractivity contribution in [3.05, 3.63) is 32.8 Å². The molecule has 2 aromatic heterocycles. The molecule has 0 aliphatic heterocycles. The van der Waals surface area contributed by atoms with Crippen molar-refractivity contribution in [2.45, 2.75) is 47.3 Å². The summed E-state index contributed by atoms with van der Waals surface area (Å²) >= 11 is 9.67. The zero-order chi connectivity index (χ0) is 18.0. The highest BCUT2D eigenvalue weighted by molar-refractivity contribution is 9.10. The Labute approximate surface area is 155 Å². The fraction of sp³-hybridized carbons (Fsp3) is 0.562. The maximum absolute atomic E-state index is 12.7. The molecule has 6 nitrogen and oxygen atoms in total. The highest BCUT2D eigenvalue weighted by Crippen LogP contribution is 2.21. The van der Waals surface area contributed by atoms with Crippen molar-refractivity contribution in [1.82, 2.24) is 24.5 Å². The van der Waals surface area contributed by atoms with Crippen molar-refractivity contribution < 1.29 is 4.79 Å². The summed E-state index contributed by atoms with van der Waals surface area (Å²) in [7, 11) is 1.81. The number of rotatable bonds is 6. The maximum atomic E-state index is 12.7. The van der Waals surface area contributed by atoms with Crippen molar-refractivity contribution in [2.24, 2.45) is 5.92 Å². The van der Waals surface area contributed by atoms with Gasteiger partial charge >= 0.3 is 0 Å². The molecule has 24 heavy (non-hydrogen) atoms. The van der Waals surface area contributed by atoms with E-state index in [0.29, 0.717) is 18.1 Å². The lowest BCUT2D eigenvalue weighted by Gasteiger charge is -2.22. The van der Waals surface area contributed by atoms with E-state index in [9.17, 15) is 4.79 Å². The Morgan fingerprint density at radius 1 is 1.42 bits per heavy atom. The molecule has 0 aliphatic rings.